The molecule has 6 heteroatoms. The van der Waals surface area contributed by atoms with E-state index in [-0.39, 0.29) is 17.3 Å². The highest BCUT2D eigenvalue weighted by Crippen LogP contribution is 2.35. The Morgan fingerprint density at radius 1 is 0.905 bits per heavy atom. The van der Waals surface area contributed by atoms with Gasteiger partial charge < -0.3 is 4.90 Å². The smallest absolute Gasteiger partial charge is 0.264 e. The Bertz CT molecular complexity index is 788. The number of fused-ring (bicyclic) bond motifs is 1. The van der Waals surface area contributed by atoms with E-state index in [0.717, 1.165) is 0 Å². The summed E-state index contributed by atoms with van der Waals surface area (Å²) in [6.07, 6.45) is 0. The lowest BCUT2D eigenvalue weighted by molar-refractivity contribution is -0.117. The van der Waals surface area contributed by atoms with Gasteiger partial charge in [-0.1, -0.05) is 30.3 Å². The predicted octanol–water partition coefficient (Wildman–Crippen LogP) is 1.86. The highest BCUT2D eigenvalue weighted by Gasteiger charge is 2.34. The molecule has 0 saturated carbocycles. The number of hydrogen-bond acceptors (Lipinski definition) is 3. The topological polar surface area (TPSA) is 57.7 Å². The van der Waals surface area contributed by atoms with Gasteiger partial charge in [-0.25, -0.2) is 8.42 Å². The van der Waals surface area contributed by atoms with E-state index in [0.29, 0.717) is 11.4 Å². The molecule has 0 saturated heterocycles. The molecule has 0 fully saturated rings. The third-order valence-corrected chi connectivity index (χ3v) is 5.27. The summed E-state index contributed by atoms with van der Waals surface area (Å²) in [5, 5.41) is 0. The van der Waals surface area contributed by atoms with Gasteiger partial charge in [-0.15, -0.1) is 0 Å². The number of rotatable bonds is 2. The van der Waals surface area contributed by atoms with Crippen molar-refractivity contribution in [2.75, 3.05) is 22.8 Å². The first kappa shape index (κ1) is 13.6. The Labute approximate surface area is 123 Å². The molecule has 108 valence electrons. The number of sulfonamides is 1. The first-order valence-electron chi connectivity index (χ1n) is 6.45. The lowest BCUT2D eigenvalue weighted by Gasteiger charge is -2.34. The van der Waals surface area contributed by atoms with Crippen LogP contribution in [0, 0.1) is 0 Å². The van der Waals surface area contributed by atoms with Crippen LogP contribution in [-0.2, 0) is 14.8 Å². The fourth-order valence-electron chi connectivity index (χ4n) is 2.34. The lowest BCUT2D eigenvalue weighted by Crippen LogP contribution is -2.46. The van der Waals surface area contributed by atoms with Crippen LogP contribution in [0.2, 0.25) is 0 Å². The SMILES string of the molecule is CN1C(=O)CN(S(=O)(=O)c2ccccc2)c2ccccc21. The summed E-state index contributed by atoms with van der Waals surface area (Å²) < 4.78 is 26.7. The summed E-state index contributed by atoms with van der Waals surface area (Å²) in [5.74, 6) is -0.256. The van der Waals surface area contributed by atoms with Crippen molar-refractivity contribution in [3.8, 4) is 0 Å². The Morgan fingerprint density at radius 3 is 2.14 bits per heavy atom. The number of hydrogen-bond donors (Lipinski definition) is 0. The zero-order chi connectivity index (χ0) is 15.0. The second-order valence-corrected chi connectivity index (χ2v) is 6.63. The Kier molecular flexibility index (Phi) is 3.17. The molecule has 2 aromatic rings. The number of nitrogens with zero attached hydrogens (tertiary/aromatic N) is 2. The third-order valence-electron chi connectivity index (χ3n) is 3.50. The molecule has 0 spiro atoms. The van der Waals surface area contributed by atoms with Crippen molar-refractivity contribution in [2.24, 2.45) is 0 Å². The summed E-state index contributed by atoms with van der Waals surface area (Å²) in [6.45, 7) is -0.190. The quantitative estimate of drug-likeness (QED) is 0.851. The summed E-state index contributed by atoms with van der Waals surface area (Å²) in [6, 6.07) is 15.1. The van der Waals surface area contributed by atoms with Crippen LogP contribution in [-0.4, -0.2) is 27.9 Å². The number of amides is 1. The first-order chi connectivity index (χ1) is 10.0. The van der Waals surface area contributed by atoms with Gasteiger partial charge in [0.15, 0.2) is 0 Å². The number of para-hydroxylation sites is 2. The van der Waals surface area contributed by atoms with E-state index >= 15 is 0 Å². The van der Waals surface area contributed by atoms with Crippen LogP contribution < -0.4 is 9.21 Å². The highest BCUT2D eigenvalue weighted by molar-refractivity contribution is 7.92. The molecule has 1 heterocycles. The molecule has 0 unspecified atom stereocenters. The summed E-state index contributed by atoms with van der Waals surface area (Å²) in [5.41, 5.74) is 1.11. The van der Waals surface area contributed by atoms with Gasteiger partial charge in [0.1, 0.15) is 6.54 Å². The molecule has 21 heavy (non-hydrogen) atoms. The van der Waals surface area contributed by atoms with Crippen LogP contribution in [0.4, 0.5) is 11.4 Å². The predicted molar refractivity (Wildman–Crippen MR) is 80.8 cm³/mol. The van der Waals surface area contributed by atoms with Gasteiger partial charge in [0.05, 0.1) is 16.3 Å². The molecule has 0 radical (unpaired) electrons. The van der Waals surface area contributed by atoms with Crippen molar-refractivity contribution in [3.63, 3.8) is 0 Å². The van der Waals surface area contributed by atoms with Crippen LogP contribution in [0.1, 0.15) is 0 Å². The minimum atomic E-state index is -3.75. The molecule has 0 atom stereocenters. The van der Waals surface area contributed by atoms with Crippen molar-refractivity contribution in [2.45, 2.75) is 4.90 Å². The van der Waals surface area contributed by atoms with Crippen molar-refractivity contribution in [3.05, 3.63) is 54.6 Å². The second-order valence-electron chi connectivity index (χ2n) is 4.77. The summed E-state index contributed by atoms with van der Waals surface area (Å²) in [4.78, 5) is 13.7. The largest absolute Gasteiger partial charge is 0.312 e. The zero-order valence-corrected chi connectivity index (χ0v) is 12.2. The molecule has 3 rings (SSSR count). The standard InChI is InChI=1S/C15H14N2O3S/c1-16-13-9-5-6-10-14(13)17(11-15(16)18)21(19,20)12-7-3-2-4-8-12/h2-10H,11H2,1H3. The number of carbonyl (C=O) groups excluding carboxylic acids is 1. The summed E-state index contributed by atoms with van der Waals surface area (Å²) >= 11 is 0. The van der Waals surface area contributed by atoms with Crippen molar-refractivity contribution >= 4 is 27.3 Å². The van der Waals surface area contributed by atoms with Crippen molar-refractivity contribution < 1.29 is 13.2 Å². The maximum Gasteiger partial charge on any atom is 0.264 e. The van der Waals surface area contributed by atoms with E-state index in [1.807, 2.05) is 0 Å². The third kappa shape index (κ3) is 2.17. The van der Waals surface area contributed by atoms with Gasteiger partial charge in [0.25, 0.3) is 10.0 Å². The van der Waals surface area contributed by atoms with Crippen LogP contribution in [0.25, 0.3) is 0 Å². The molecular weight excluding hydrogens is 288 g/mol. The van der Waals surface area contributed by atoms with Crippen molar-refractivity contribution in [1.29, 1.82) is 0 Å². The molecular formula is C15H14N2O3S. The van der Waals surface area contributed by atoms with Gasteiger partial charge in [-0.3, -0.25) is 9.10 Å². The molecule has 5 nitrogen and oxygen atoms in total. The zero-order valence-electron chi connectivity index (χ0n) is 11.4. The van der Waals surface area contributed by atoms with Gasteiger partial charge in [-0.05, 0) is 24.3 Å². The van der Waals surface area contributed by atoms with E-state index < -0.39 is 10.0 Å². The van der Waals surface area contributed by atoms with Crippen LogP contribution in [0.3, 0.4) is 0 Å². The molecule has 1 amide bonds. The van der Waals surface area contributed by atoms with E-state index in [4.69, 9.17) is 0 Å². The maximum absolute atomic E-state index is 12.8. The number of anilines is 2. The minimum Gasteiger partial charge on any atom is -0.312 e. The average Bonchev–Trinajstić information content (AvgIpc) is 2.51. The molecule has 0 aliphatic carbocycles. The fourth-order valence-corrected chi connectivity index (χ4v) is 3.79. The van der Waals surface area contributed by atoms with E-state index in [1.54, 1.807) is 49.5 Å². The van der Waals surface area contributed by atoms with E-state index in [2.05, 4.69) is 0 Å². The number of likely N-dealkylation sites (N-methyl/N-ethyl adjacent to an activating group) is 1. The Balaban J connectivity index is 2.16. The molecule has 0 bridgehead atoms. The van der Waals surface area contributed by atoms with Gasteiger partial charge in [0, 0.05) is 7.05 Å². The van der Waals surface area contributed by atoms with Gasteiger partial charge in [-0.2, -0.15) is 0 Å². The van der Waals surface area contributed by atoms with Gasteiger partial charge in [0.2, 0.25) is 5.91 Å². The molecule has 0 N–H and O–H groups in total. The molecule has 2 aromatic carbocycles. The number of benzene rings is 2. The fraction of sp³-hybridized carbons (Fsp3) is 0.133. The minimum absolute atomic E-state index is 0.178. The van der Waals surface area contributed by atoms with E-state index in [9.17, 15) is 13.2 Å². The number of carbonyl (C=O) groups is 1. The average molecular weight is 302 g/mol. The van der Waals surface area contributed by atoms with Gasteiger partial charge >= 0.3 is 0 Å². The summed E-state index contributed by atoms with van der Waals surface area (Å²) in [7, 11) is -2.10. The normalized spacial score (nSPS) is 15.0. The van der Waals surface area contributed by atoms with Crippen LogP contribution in [0.15, 0.2) is 59.5 Å². The lowest BCUT2D eigenvalue weighted by atomic mass is 10.2. The van der Waals surface area contributed by atoms with Crippen LogP contribution >= 0.6 is 0 Å². The molecule has 1 aliphatic rings. The second kappa shape index (κ2) is 4.89. The van der Waals surface area contributed by atoms with Crippen molar-refractivity contribution in [1.82, 2.24) is 0 Å². The highest BCUT2D eigenvalue weighted by atomic mass is 32.2. The Morgan fingerprint density at radius 2 is 1.48 bits per heavy atom. The van der Waals surface area contributed by atoms with E-state index in [1.165, 1.54) is 21.3 Å². The first-order valence-corrected chi connectivity index (χ1v) is 7.89. The monoisotopic (exact) mass is 302 g/mol. The maximum atomic E-state index is 12.8. The molecule has 0 aromatic heterocycles. The Hall–Kier alpha value is -2.34. The van der Waals surface area contributed by atoms with Crippen LogP contribution in [0.5, 0.6) is 0 Å². The molecule has 1 aliphatic heterocycles.